The van der Waals surface area contributed by atoms with E-state index in [9.17, 15) is 4.79 Å². The molecule has 1 amide bonds. The molecular weight excluding hydrogens is 256 g/mol. The van der Waals surface area contributed by atoms with E-state index in [4.69, 9.17) is 10.5 Å². The predicted octanol–water partition coefficient (Wildman–Crippen LogP) is 0.611. The van der Waals surface area contributed by atoms with Crippen LogP contribution in [0, 0.1) is 19.8 Å². The molecule has 20 heavy (non-hydrogen) atoms. The van der Waals surface area contributed by atoms with Crippen molar-refractivity contribution >= 4 is 5.91 Å². The monoisotopic (exact) mass is 280 g/mol. The molecule has 6 nitrogen and oxygen atoms in total. The van der Waals surface area contributed by atoms with Crippen LogP contribution in [0.2, 0.25) is 0 Å². The third kappa shape index (κ3) is 2.80. The highest BCUT2D eigenvalue weighted by atomic mass is 16.5. The van der Waals surface area contributed by atoms with Gasteiger partial charge in [-0.1, -0.05) is 0 Å². The number of aryl methyl sites for hydroxylation is 2. The molecule has 0 bridgehead atoms. The lowest BCUT2D eigenvalue weighted by Gasteiger charge is -2.21. The minimum atomic E-state index is 0.0242. The van der Waals surface area contributed by atoms with E-state index in [1.165, 1.54) is 0 Å². The summed E-state index contributed by atoms with van der Waals surface area (Å²) < 4.78 is 7.44. The molecule has 0 aromatic carbocycles. The first-order chi connectivity index (χ1) is 9.43. The number of carbonyl (C=O) groups is 1. The van der Waals surface area contributed by atoms with Gasteiger partial charge in [0.25, 0.3) is 5.91 Å². The molecule has 1 aromatic rings. The van der Waals surface area contributed by atoms with Crippen molar-refractivity contribution in [1.82, 2.24) is 14.7 Å². The summed E-state index contributed by atoms with van der Waals surface area (Å²) in [5.41, 5.74) is 7.43. The van der Waals surface area contributed by atoms with Gasteiger partial charge < -0.3 is 15.4 Å². The number of likely N-dealkylation sites (tertiary alicyclic amines) is 1. The van der Waals surface area contributed by atoms with E-state index in [2.05, 4.69) is 12.0 Å². The highest BCUT2D eigenvalue weighted by Gasteiger charge is 2.31. The van der Waals surface area contributed by atoms with Gasteiger partial charge in [0.15, 0.2) is 12.4 Å². The van der Waals surface area contributed by atoms with E-state index in [-0.39, 0.29) is 18.6 Å². The van der Waals surface area contributed by atoms with Crippen molar-refractivity contribution in [2.45, 2.75) is 33.2 Å². The van der Waals surface area contributed by atoms with Gasteiger partial charge in [-0.15, -0.1) is 0 Å². The van der Waals surface area contributed by atoms with E-state index in [0.29, 0.717) is 18.2 Å². The van der Waals surface area contributed by atoms with Crippen LogP contribution in [-0.4, -0.2) is 46.3 Å². The van der Waals surface area contributed by atoms with Crippen LogP contribution in [0.5, 0.6) is 5.75 Å². The van der Waals surface area contributed by atoms with E-state index in [1.807, 2.05) is 25.8 Å². The minimum absolute atomic E-state index is 0.0242. The van der Waals surface area contributed by atoms with Crippen LogP contribution in [0.25, 0.3) is 0 Å². The van der Waals surface area contributed by atoms with Crippen LogP contribution in [0.4, 0.5) is 0 Å². The summed E-state index contributed by atoms with van der Waals surface area (Å²) in [6.07, 6.45) is 0.979. The Bertz CT molecular complexity index is 498. The number of ether oxygens (including phenoxy) is 1. The highest BCUT2D eigenvalue weighted by molar-refractivity contribution is 5.78. The summed E-state index contributed by atoms with van der Waals surface area (Å²) in [6, 6.07) is 0.246. The Labute approximate surface area is 119 Å². The standard InChI is InChI=1S/C14H24N4O2/c1-9-5-12(6-15)7-18(9)13(19)8-20-14-10(2)16-17(4)11(14)3/h9,12H,5-8,15H2,1-4H3. The van der Waals surface area contributed by atoms with Crippen LogP contribution >= 0.6 is 0 Å². The van der Waals surface area contributed by atoms with Gasteiger partial charge in [0, 0.05) is 19.6 Å². The number of aromatic nitrogens is 2. The van der Waals surface area contributed by atoms with Gasteiger partial charge in [-0.2, -0.15) is 5.10 Å². The first kappa shape index (κ1) is 14.8. The number of amides is 1. The van der Waals surface area contributed by atoms with Crippen molar-refractivity contribution < 1.29 is 9.53 Å². The van der Waals surface area contributed by atoms with E-state index in [1.54, 1.807) is 4.68 Å². The first-order valence-corrected chi connectivity index (χ1v) is 7.06. The normalized spacial score (nSPS) is 22.4. The molecule has 2 atom stereocenters. The van der Waals surface area contributed by atoms with Gasteiger partial charge in [0.1, 0.15) is 5.69 Å². The Hall–Kier alpha value is -1.56. The number of nitrogens with two attached hydrogens (primary N) is 1. The lowest BCUT2D eigenvalue weighted by Crippen LogP contribution is -2.37. The summed E-state index contributed by atoms with van der Waals surface area (Å²) in [5, 5.41) is 4.28. The van der Waals surface area contributed by atoms with Gasteiger partial charge >= 0.3 is 0 Å². The molecule has 1 aromatic heterocycles. The third-order valence-electron chi connectivity index (χ3n) is 4.10. The lowest BCUT2D eigenvalue weighted by atomic mass is 10.1. The van der Waals surface area contributed by atoms with E-state index < -0.39 is 0 Å². The maximum atomic E-state index is 12.3. The third-order valence-corrected chi connectivity index (χ3v) is 4.10. The number of rotatable bonds is 4. The van der Waals surface area contributed by atoms with E-state index in [0.717, 1.165) is 24.4 Å². The Kier molecular flexibility index (Phi) is 4.32. The average Bonchev–Trinajstić information content (AvgIpc) is 2.89. The molecule has 0 aliphatic carbocycles. The summed E-state index contributed by atoms with van der Waals surface area (Å²) >= 11 is 0. The second kappa shape index (κ2) is 5.83. The summed E-state index contributed by atoms with van der Waals surface area (Å²) in [6.45, 7) is 7.32. The molecular formula is C14H24N4O2. The van der Waals surface area contributed by atoms with Gasteiger partial charge in [0.2, 0.25) is 0 Å². The summed E-state index contributed by atoms with van der Waals surface area (Å²) in [4.78, 5) is 14.1. The molecule has 1 saturated heterocycles. The van der Waals surface area contributed by atoms with Crippen molar-refractivity contribution in [3.05, 3.63) is 11.4 Å². The van der Waals surface area contributed by atoms with Crippen molar-refractivity contribution in [2.24, 2.45) is 18.7 Å². The second-order valence-electron chi connectivity index (χ2n) is 5.64. The summed E-state index contributed by atoms with van der Waals surface area (Å²) in [5.74, 6) is 1.15. The fourth-order valence-electron chi connectivity index (χ4n) is 2.84. The van der Waals surface area contributed by atoms with Crippen LogP contribution < -0.4 is 10.5 Å². The highest BCUT2D eigenvalue weighted by Crippen LogP contribution is 2.24. The quantitative estimate of drug-likeness (QED) is 0.877. The minimum Gasteiger partial charge on any atom is -0.480 e. The Morgan fingerprint density at radius 2 is 2.20 bits per heavy atom. The zero-order chi connectivity index (χ0) is 14.9. The molecule has 112 valence electrons. The zero-order valence-electron chi connectivity index (χ0n) is 12.7. The van der Waals surface area contributed by atoms with Crippen molar-refractivity contribution in [2.75, 3.05) is 19.7 Å². The van der Waals surface area contributed by atoms with Gasteiger partial charge in [-0.3, -0.25) is 9.48 Å². The van der Waals surface area contributed by atoms with Gasteiger partial charge in [-0.25, -0.2) is 0 Å². The molecule has 2 N–H and O–H groups in total. The smallest absolute Gasteiger partial charge is 0.260 e. The predicted molar refractivity (Wildman–Crippen MR) is 76.5 cm³/mol. The van der Waals surface area contributed by atoms with Crippen LogP contribution in [-0.2, 0) is 11.8 Å². The second-order valence-corrected chi connectivity index (χ2v) is 5.64. The topological polar surface area (TPSA) is 73.4 Å². The molecule has 0 radical (unpaired) electrons. The number of carbonyl (C=O) groups excluding carboxylic acids is 1. The van der Waals surface area contributed by atoms with Crippen molar-refractivity contribution in [3.8, 4) is 5.75 Å². The van der Waals surface area contributed by atoms with Crippen LogP contribution in [0.3, 0.4) is 0 Å². The average molecular weight is 280 g/mol. The van der Waals surface area contributed by atoms with E-state index >= 15 is 0 Å². The molecule has 0 spiro atoms. The molecule has 1 aliphatic heterocycles. The van der Waals surface area contributed by atoms with Crippen molar-refractivity contribution in [1.29, 1.82) is 0 Å². The lowest BCUT2D eigenvalue weighted by molar-refractivity contribution is -0.134. The Balaban J connectivity index is 1.96. The van der Waals surface area contributed by atoms with Gasteiger partial charge in [0.05, 0.1) is 5.69 Å². The molecule has 2 heterocycles. The maximum absolute atomic E-state index is 12.3. The molecule has 2 rings (SSSR count). The largest absolute Gasteiger partial charge is 0.480 e. The fraction of sp³-hybridized carbons (Fsp3) is 0.714. The Morgan fingerprint density at radius 3 is 2.70 bits per heavy atom. The maximum Gasteiger partial charge on any atom is 0.260 e. The number of hydrogen-bond acceptors (Lipinski definition) is 4. The van der Waals surface area contributed by atoms with Crippen LogP contribution in [0.15, 0.2) is 0 Å². The number of hydrogen-bond donors (Lipinski definition) is 1. The SMILES string of the molecule is Cc1nn(C)c(C)c1OCC(=O)N1CC(CN)CC1C. The molecule has 6 heteroatoms. The molecule has 2 unspecified atom stereocenters. The molecule has 1 fully saturated rings. The molecule has 1 aliphatic rings. The summed E-state index contributed by atoms with van der Waals surface area (Å²) in [7, 11) is 1.87. The first-order valence-electron chi connectivity index (χ1n) is 7.06. The van der Waals surface area contributed by atoms with Gasteiger partial charge in [-0.05, 0) is 39.7 Å². The van der Waals surface area contributed by atoms with Crippen molar-refractivity contribution in [3.63, 3.8) is 0 Å². The van der Waals surface area contributed by atoms with Crippen LogP contribution in [0.1, 0.15) is 24.7 Å². The number of nitrogens with zero attached hydrogens (tertiary/aromatic N) is 3. The zero-order valence-corrected chi connectivity index (χ0v) is 12.7. The molecule has 0 saturated carbocycles. The fourth-order valence-corrected chi connectivity index (χ4v) is 2.84. The Morgan fingerprint density at radius 1 is 1.50 bits per heavy atom.